The van der Waals surface area contributed by atoms with E-state index < -0.39 is 0 Å². The van der Waals surface area contributed by atoms with Crippen molar-refractivity contribution in [3.8, 4) is 0 Å². The Bertz CT molecular complexity index is 352. The molecule has 0 radical (unpaired) electrons. The molecular formula is C15H25NS. The van der Waals surface area contributed by atoms with Crippen molar-refractivity contribution in [2.24, 2.45) is 0 Å². The molecule has 0 atom stereocenters. The molecule has 0 aliphatic heterocycles. The van der Waals surface area contributed by atoms with E-state index in [4.69, 9.17) is 0 Å². The van der Waals surface area contributed by atoms with E-state index in [-0.39, 0.29) is 5.54 Å². The van der Waals surface area contributed by atoms with Gasteiger partial charge in [-0.1, -0.05) is 13.0 Å². The lowest BCUT2D eigenvalue weighted by Gasteiger charge is -2.21. The van der Waals surface area contributed by atoms with E-state index in [1.807, 2.05) is 11.8 Å². The Morgan fingerprint density at radius 3 is 2.47 bits per heavy atom. The molecule has 2 heteroatoms. The lowest BCUT2D eigenvalue weighted by Crippen LogP contribution is -2.35. The lowest BCUT2D eigenvalue weighted by molar-refractivity contribution is 0.424. The van der Waals surface area contributed by atoms with E-state index in [0.717, 1.165) is 6.54 Å². The second kappa shape index (κ2) is 6.46. The molecule has 0 fully saturated rings. The topological polar surface area (TPSA) is 12.0 Å². The monoisotopic (exact) mass is 251 g/mol. The summed E-state index contributed by atoms with van der Waals surface area (Å²) >= 11 is 1.95. The average Bonchev–Trinajstić information content (AvgIpc) is 2.23. The summed E-state index contributed by atoms with van der Waals surface area (Å²) in [6.07, 6.45) is 1.23. The smallest absolute Gasteiger partial charge is 0.0212 e. The van der Waals surface area contributed by atoms with Gasteiger partial charge in [0.25, 0.3) is 0 Å². The lowest BCUT2D eigenvalue weighted by atomic mass is 10.1. The van der Waals surface area contributed by atoms with E-state index in [2.05, 4.69) is 58.1 Å². The van der Waals surface area contributed by atoms with Crippen molar-refractivity contribution in [2.45, 2.75) is 58.0 Å². The van der Waals surface area contributed by atoms with Crippen LogP contribution in [0.15, 0.2) is 23.1 Å². The number of hydrogen-bond acceptors (Lipinski definition) is 2. The zero-order chi connectivity index (χ0) is 12.9. The molecule has 0 aliphatic rings. The first-order chi connectivity index (χ1) is 7.92. The van der Waals surface area contributed by atoms with Gasteiger partial charge >= 0.3 is 0 Å². The van der Waals surface area contributed by atoms with Crippen molar-refractivity contribution in [2.75, 3.05) is 5.75 Å². The predicted molar refractivity (Wildman–Crippen MR) is 78.8 cm³/mol. The molecule has 1 rings (SSSR count). The number of hydrogen-bond donors (Lipinski definition) is 1. The minimum atomic E-state index is 0.183. The van der Waals surface area contributed by atoms with Crippen LogP contribution in [0.25, 0.3) is 0 Å². The Morgan fingerprint density at radius 1 is 1.24 bits per heavy atom. The van der Waals surface area contributed by atoms with Gasteiger partial charge in [-0.05, 0) is 63.1 Å². The van der Waals surface area contributed by atoms with Gasteiger partial charge in [0.1, 0.15) is 0 Å². The van der Waals surface area contributed by atoms with Gasteiger partial charge in [0.05, 0.1) is 0 Å². The summed E-state index contributed by atoms with van der Waals surface area (Å²) in [6.45, 7) is 12.0. The third kappa shape index (κ3) is 5.60. The molecule has 0 amide bonds. The van der Waals surface area contributed by atoms with Crippen LogP contribution in [0.2, 0.25) is 0 Å². The summed E-state index contributed by atoms with van der Waals surface area (Å²) < 4.78 is 0. The molecule has 1 aromatic rings. The van der Waals surface area contributed by atoms with Gasteiger partial charge in [0, 0.05) is 17.0 Å². The molecule has 96 valence electrons. The van der Waals surface area contributed by atoms with E-state index >= 15 is 0 Å². The molecule has 0 heterocycles. The van der Waals surface area contributed by atoms with Gasteiger partial charge < -0.3 is 5.32 Å². The quantitative estimate of drug-likeness (QED) is 0.779. The molecule has 0 saturated heterocycles. The van der Waals surface area contributed by atoms with Crippen molar-refractivity contribution in [1.29, 1.82) is 0 Å². The molecule has 0 bridgehead atoms. The molecule has 1 N–H and O–H groups in total. The van der Waals surface area contributed by atoms with E-state index in [0.29, 0.717) is 0 Å². The van der Waals surface area contributed by atoms with Gasteiger partial charge in [-0.3, -0.25) is 0 Å². The summed E-state index contributed by atoms with van der Waals surface area (Å²) in [5.41, 5.74) is 2.98. The summed E-state index contributed by atoms with van der Waals surface area (Å²) in [5.74, 6) is 1.21. The fraction of sp³-hybridized carbons (Fsp3) is 0.600. The largest absolute Gasteiger partial charge is 0.308 e. The second-order valence-corrected chi connectivity index (χ2v) is 6.71. The number of benzene rings is 1. The summed E-state index contributed by atoms with van der Waals surface area (Å²) in [5, 5.41) is 3.53. The number of rotatable bonds is 5. The molecule has 0 unspecified atom stereocenters. The van der Waals surface area contributed by atoms with Crippen LogP contribution >= 0.6 is 11.8 Å². The minimum absolute atomic E-state index is 0.183. The van der Waals surface area contributed by atoms with Crippen LogP contribution in [0.1, 0.15) is 45.2 Å². The normalized spacial score (nSPS) is 11.8. The average molecular weight is 251 g/mol. The Morgan fingerprint density at radius 2 is 1.94 bits per heavy atom. The second-order valence-electron chi connectivity index (χ2n) is 5.54. The molecule has 0 aromatic heterocycles. The fourth-order valence-electron chi connectivity index (χ4n) is 1.54. The van der Waals surface area contributed by atoms with Crippen LogP contribution in [0.3, 0.4) is 0 Å². The number of aryl methyl sites for hydroxylation is 1. The number of thioether (sulfide) groups is 1. The van der Waals surface area contributed by atoms with Crippen LogP contribution in [0.5, 0.6) is 0 Å². The van der Waals surface area contributed by atoms with Crippen LogP contribution in [-0.4, -0.2) is 11.3 Å². The van der Waals surface area contributed by atoms with Gasteiger partial charge in [-0.15, -0.1) is 11.8 Å². The molecule has 17 heavy (non-hydrogen) atoms. The maximum Gasteiger partial charge on any atom is 0.0212 e. The van der Waals surface area contributed by atoms with Gasteiger partial charge in [0.15, 0.2) is 0 Å². The van der Waals surface area contributed by atoms with Crippen LogP contribution in [-0.2, 0) is 6.54 Å². The minimum Gasteiger partial charge on any atom is -0.308 e. The van der Waals surface area contributed by atoms with Gasteiger partial charge in [0.2, 0.25) is 0 Å². The Kier molecular flexibility index (Phi) is 5.54. The van der Waals surface area contributed by atoms with Crippen molar-refractivity contribution in [3.63, 3.8) is 0 Å². The van der Waals surface area contributed by atoms with Gasteiger partial charge in [-0.25, -0.2) is 0 Å². The van der Waals surface area contributed by atoms with Crippen LogP contribution in [0, 0.1) is 6.92 Å². The first kappa shape index (κ1) is 14.6. The zero-order valence-electron chi connectivity index (χ0n) is 11.8. The number of nitrogens with one attached hydrogen (secondary N) is 1. The highest BCUT2D eigenvalue weighted by atomic mass is 32.2. The molecule has 1 nitrogen and oxygen atoms in total. The van der Waals surface area contributed by atoms with Crippen LogP contribution in [0.4, 0.5) is 0 Å². The molecular weight excluding hydrogens is 226 g/mol. The molecule has 0 aliphatic carbocycles. The third-order valence-corrected chi connectivity index (χ3v) is 3.80. The van der Waals surface area contributed by atoms with Crippen LogP contribution < -0.4 is 5.32 Å². The maximum absolute atomic E-state index is 3.53. The SMILES string of the molecule is CCCSc1ccc(CNC(C)(C)C)c(C)c1. The predicted octanol–water partition coefficient (Wildman–Crippen LogP) is 4.39. The van der Waals surface area contributed by atoms with Gasteiger partial charge in [-0.2, -0.15) is 0 Å². The Balaban J connectivity index is 2.63. The molecule has 0 spiro atoms. The fourth-order valence-corrected chi connectivity index (χ4v) is 2.40. The summed E-state index contributed by atoms with van der Waals surface area (Å²) in [6, 6.07) is 6.80. The first-order valence-corrected chi connectivity index (χ1v) is 7.38. The maximum atomic E-state index is 3.53. The van der Waals surface area contributed by atoms with Crippen molar-refractivity contribution in [3.05, 3.63) is 29.3 Å². The first-order valence-electron chi connectivity index (χ1n) is 6.40. The highest BCUT2D eigenvalue weighted by Gasteiger charge is 2.09. The summed E-state index contributed by atoms with van der Waals surface area (Å²) in [7, 11) is 0. The molecule has 1 aromatic carbocycles. The van der Waals surface area contributed by atoms with Crippen molar-refractivity contribution in [1.82, 2.24) is 5.32 Å². The third-order valence-electron chi connectivity index (χ3n) is 2.60. The zero-order valence-corrected chi connectivity index (χ0v) is 12.6. The Labute approximate surface area is 110 Å². The highest BCUT2D eigenvalue weighted by Crippen LogP contribution is 2.22. The highest BCUT2D eigenvalue weighted by molar-refractivity contribution is 7.99. The van der Waals surface area contributed by atoms with Crippen molar-refractivity contribution < 1.29 is 0 Å². The Hall–Kier alpha value is -0.470. The van der Waals surface area contributed by atoms with Crippen molar-refractivity contribution >= 4 is 11.8 Å². The summed E-state index contributed by atoms with van der Waals surface area (Å²) in [4.78, 5) is 1.39. The molecule has 0 saturated carbocycles. The standard InChI is InChI=1S/C15H25NS/c1-6-9-17-14-8-7-13(12(2)10-14)11-16-15(3,4)5/h7-8,10,16H,6,9,11H2,1-5H3. The van der Waals surface area contributed by atoms with E-state index in [1.54, 1.807) is 0 Å². The van der Waals surface area contributed by atoms with E-state index in [9.17, 15) is 0 Å². The van der Waals surface area contributed by atoms with E-state index in [1.165, 1.54) is 28.2 Å².